The Hall–Kier alpha value is -3.39. The van der Waals surface area contributed by atoms with E-state index in [0.717, 1.165) is 22.4 Å². The molecule has 33 heavy (non-hydrogen) atoms. The van der Waals surface area contributed by atoms with E-state index in [2.05, 4.69) is 101 Å². The van der Waals surface area contributed by atoms with Gasteiger partial charge in [0.05, 0.1) is 5.69 Å². The molecule has 0 bridgehead atoms. The molecule has 1 aromatic heterocycles. The van der Waals surface area contributed by atoms with E-state index in [1.165, 1.54) is 11.1 Å². The van der Waals surface area contributed by atoms with Crippen LogP contribution in [0.1, 0.15) is 68.7 Å². The first-order chi connectivity index (χ1) is 15.5. The molecule has 1 heterocycles. The molecule has 0 radical (unpaired) electrons. The second-order valence-electron chi connectivity index (χ2n) is 10.8. The number of carbonyl (C=O) groups excluding carboxylic acids is 1. The molecule has 1 N–H and O–H groups in total. The van der Waals surface area contributed by atoms with Crippen molar-refractivity contribution < 1.29 is 4.79 Å². The Morgan fingerprint density at radius 1 is 0.636 bits per heavy atom. The van der Waals surface area contributed by atoms with E-state index in [1.807, 2.05) is 30.3 Å². The number of carbonyl (C=O) groups is 1. The summed E-state index contributed by atoms with van der Waals surface area (Å²) in [6.07, 6.45) is 0. The van der Waals surface area contributed by atoms with Crippen LogP contribution in [-0.4, -0.2) is 10.8 Å². The normalized spacial score (nSPS) is 12.1. The number of aromatic amines is 1. The molecule has 0 amide bonds. The molecule has 168 valence electrons. The molecule has 0 aliphatic carbocycles. The third-order valence-corrected chi connectivity index (χ3v) is 6.20. The van der Waals surface area contributed by atoms with E-state index in [4.69, 9.17) is 0 Å². The average Bonchev–Trinajstić information content (AvgIpc) is 3.24. The van der Waals surface area contributed by atoms with Crippen molar-refractivity contribution >= 4 is 5.78 Å². The minimum Gasteiger partial charge on any atom is -0.351 e. The maximum Gasteiger partial charge on any atom is 0.209 e. The maximum absolute atomic E-state index is 13.5. The molecule has 2 heteroatoms. The number of aromatic nitrogens is 1. The lowest BCUT2D eigenvalue weighted by Crippen LogP contribution is -2.10. The van der Waals surface area contributed by atoms with Gasteiger partial charge in [0, 0.05) is 16.8 Å². The van der Waals surface area contributed by atoms with Gasteiger partial charge in [-0.15, -0.1) is 0 Å². The van der Waals surface area contributed by atoms with Crippen LogP contribution in [0.15, 0.2) is 84.9 Å². The molecule has 0 saturated heterocycles. The largest absolute Gasteiger partial charge is 0.351 e. The van der Waals surface area contributed by atoms with Crippen LogP contribution in [0.25, 0.3) is 22.4 Å². The predicted molar refractivity (Wildman–Crippen MR) is 139 cm³/mol. The molecule has 0 unspecified atom stereocenters. The van der Waals surface area contributed by atoms with Crippen molar-refractivity contribution in [2.45, 2.75) is 52.4 Å². The molecule has 0 aliphatic rings. The summed E-state index contributed by atoms with van der Waals surface area (Å²) in [6.45, 7) is 13.3. The minimum atomic E-state index is 0.00283. The smallest absolute Gasteiger partial charge is 0.209 e. The summed E-state index contributed by atoms with van der Waals surface area (Å²) < 4.78 is 0. The first-order valence-corrected chi connectivity index (χ1v) is 11.6. The van der Waals surface area contributed by atoms with Crippen LogP contribution in [0.5, 0.6) is 0 Å². The molecule has 3 aromatic carbocycles. The molecule has 0 aliphatic heterocycles. The van der Waals surface area contributed by atoms with Crippen molar-refractivity contribution in [2.75, 3.05) is 0 Å². The van der Waals surface area contributed by atoms with Crippen molar-refractivity contribution in [3.63, 3.8) is 0 Å². The topological polar surface area (TPSA) is 32.9 Å². The third-order valence-electron chi connectivity index (χ3n) is 6.20. The fourth-order valence-electron chi connectivity index (χ4n) is 4.05. The summed E-state index contributed by atoms with van der Waals surface area (Å²) in [5.41, 5.74) is 8.04. The highest BCUT2D eigenvalue weighted by Gasteiger charge is 2.21. The van der Waals surface area contributed by atoms with Crippen molar-refractivity contribution in [2.24, 2.45) is 0 Å². The van der Waals surface area contributed by atoms with E-state index < -0.39 is 0 Å². The number of hydrogen-bond acceptors (Lipinski definition) is 1. The van der Waals surface area contributed by atoms with Crippen LogP contribution < -0.4 is 0 Å². The van der Waals surface area contributed by atoms with Crippen LogP contribution in [0.3, 0.4) is 0 Å². The summed E-state index contributed by atoms with van der Waals surface area (Å²) in [5.74, 6) is 0.00283. The highest BCUT2D eigenvalue weighted by atomic mass is 16.1. The zero-order valence-electron chi connectivity index (χ0n) is 20.5. The molecule has 0 saturated carbocycles. The molecule has 4 aromatic rings. The lowest BCUT2D eigenvalue weighted by atomic mass is 9.86. The SMILES string of the molecule is CC(C)(C)c1ccc(-c2cc(-c3ccc(C(C)(C)C)cc3)c(C(=O)c3ccccc3)[nH]2)cc1. The van der Waals surface area contributed by atoms with Crippen LogP contribution in [-0.2, 0) is 10.8 Å². The molecule has 0 fully saturated rings. The number of benzene rings is 3. The summed E-state index contributed by atoms with van der Waals surface area (Å²) >= 11 is 0. The predicted octanol–water partition coefficient (Wildman–Crippen LogP) is 8.17. The minimum absolute atomic E-state index is 0.00283. The molecule has 0 spiro atoms. The van der Waals surface area contributed by atoms with Gasteiger partial charge in [0.25, 0.3) is 0 Å². The first-order valence-electron chi connectivity index (χ1n) is 11.6. The molecular weight excluding hydrogens is 402 g/mol. The molecule has 0 atom stereocenters. The highest BCUT2D eigenvalue weighted by molar-refractivity contribution is 6.12. The Kier molecular flexibility index (Phi) is 5.88. The second kappa shape index (κ2) is 8.51. The molecular formula is C31H33NO. The van der Waals surface area contributed by atoms with Gasteiger partial charge in [-0.25, -0.2) is 0 Å². The van der Waals surface area contributed by atoms with Crippen LogP contribution >= 0.6 is 0 Å². The first kappa shape index (κ1) is 22.8. The van der Waals surface area contributed by atoms with Gasteiger partial charge in [0.2, 0.25) is 5.78 Å². The van der Waals surface area contributed by atoms with Gasteiger partial charge in [0.15, 0.2) is 0 Å². The third kappa shape index (κ3) is 4.85. The van der Waals surface area contributed by atoms with E-state index >= 15 is 0 Å². The summed E-state index contributed by atoms with van der Waals surface area (Å²) in [4.78, 5) is 16.9. The number of H-pyrrole nitrogens is 1. The summed E-state index contributed by atoms with van der Waals surface area (Å²) in [7, 11) is 0. The quantitative estimate of drug-likeness (QED) is 0.322. The Morgan fingerprint density at radius 2 is 1.12 bits per heavy atom. The van der Waals surface area contributed by atoms with Crippen LogP contribution in [0.4, 0.5) is 0 Å². The number of ketones is 1. The fraction of sp³-hybridized carbons (Fsp3) is 0.258. The van der Waals surface area contributed by atoms with Crippen molar-refractivity contribution in [3.8, 4) is 22.4 Å². The van der Waals surface area contributed by atoms with Crippen molar-refractivity contribution in [1.29, 1.82) is 0 Å². The second-order valence-corrected chi connectivity index (χ2v) is 10.8. The van der Waals surface area contributed by atoms with Crippen LogP contribution in [0.2, 0.25) is 0 Å². The Bertz CT molecular complexity index is 1250. The Balaban J connectivity index is 1.81. The van der Waals surface area contributed by atoms with Gasteiger partial charge < -0.3 is 4.98 Å². The average molecular weight is 436 g/mol. The highest BCUT2D eigenvalue weighted by Crippen LogP contribution is 2.34. The van der Waals surface area contributed by atoms with Gasteiger partial charge >= 0.3 is 0 Å². The maximum atomic E-state index is 13.5. The lowest BCUT2D eigenvalue weighted by molar-refractivity contribution is 0.103. The monoisotopic (exact) mass is 435 g/mol. The Labute approximate surface area is 197 Å². The fourth-order valence-corrected chi connectivity index (χ4v) is 4.05. The zero-order chi connectivity index (χ0) is 23.8. The van der Waals surface area contributed by atoms with Crippen LogP contribution in [0, 0.1) is 0 Å². The molecule has 4 rings (SSSR count). The van der Waals surface area contributed by atoms with E-state index in [-0.39, 0.29) is 16.6 Å². The standard InChI is InChI=1S/C31H33NO/c1-30(2,3)24-16-12-21(13-17-24)26-20-27(22-14-18-25(19-15-22)31(4,5)6)32-28(26)29(33)23-10-8-7-9-11-23/h7-20,32H,1-6H3. The van der Waals surface area contributed by atoms with Gasteiger partial charge in [-0.05, 0) is 39.2 Å². The lowest BCUT2D eigenvalue weighted by Gasteiger charge is -2.19. The Morgan fingerprint density at radius 3 is 1.61 bits per heavy atom. The molecule has 2 nitrogen and oxygen atoms in total. The van der Waals surface area contributed by atoms with Gasteiger partial charge in [0.1, 0.15) is 0 Å². The number of rotatable bonds is 4. The van der Waals surface area contributed by atoms with E-state index in [9.17, 15) is 4.79 Å². The number of hydrogen-bond donors (Lipinski definition) is 1. The number of nitrogens with one attached hydrogen (secondary N) is 1. The van der Waals surface area contributed by atoms with E-state index in [1.54, 1.807) is 0 Å². The van der Waals surface area contributed by atoms with Crippen molar-refractivity contribution in [1.82, 2.24) is 4.98 Å². The van der Waals surface area contributed by atoms with Gasteiger partial charge in [-0.2, -0.15) is 0 Å². The van der Waals surface area contributed by atoms with Gasteiger partial charge in [-0.1, -0.05) is 120 Å². The zero-order valence-corrected chi connectivity index (χ0v) is 20.5. The van der Waals surface area contributed by atoms with Gasteiger partial charge in [-0.3, -0.25) is 4.79 Å². The van der Waals surface area contributed by atoms with Crippen molar-refractivity contribution in [3.05, 3.63) is 107 Å². The summed E-state index contributed by atoms with van der Waals surface area (Å²) in [6, 6.07) is 28.8. The van der Waals surface area contributed by atoms with E-state index in [0.29, 0.717) is 11.3 Å². The summed E-state index contributed by atoms with van der Waals surface area (Å²) in [5, 5.41) is 0.